The first-order valence-corrected chi connectivity index (χ1v) is 4.93. The maximum Gasteiger partial charge on any atom is 0.407 e. The molecule has 1 unspecified atom stereocenters. The molecule has 16 heavy (non-hydrogen) atoms. The summed E-state index contributed by atoms with van der Waals surface area (Å²) in [6.45, 7) is 5.42. The van der Waals surface area contributed by atoms with Gasteiger partial charge in [-0.1, -0.05) is 11.6 Å². The number of esters is 1. The van der Waals surface area contributed by atoms with Crippen molar-refractivity contribution in [3.05, 3.63) is 11.6 Å². The molecule has 0 aliphatic heterocycles. The largest absolute Gasteiger partial charge is 0.467 e. The standard InChI is InChI=1S/C11H19NO4/c1-8(2)6-7-11(3,9(13)15-4)12-10(14)16-5/h6H,7H2,1-5H3,(H,12,14). The minimum absolute atomic E-state index is 0.358. The summed E-state index contributed by atoms with van der Waals surface area (Å²) in [6.07, 6.45) is 1.55. The first kappa shape index (κ1) is 14.5. The molecule has 0 saturated heterocycles. The van der Waals surface area contributed by atoms with Crippen molar-refractivity contribution >= 4 is 12.1 Å². The van der Waals surface area contributed by atoms with Gasteiger partial charge in [0.15, 0.2) is 0 Å². The summed E-state index contributed by atoms with van der Waals surface area (Å²) in [4.78, 5) is 22.7. The summed E-state index contributed by atoms with van der Waals surface area (Å²) in [5.74, 6) is -0.504. The Morgan fingerprint density at radius 3 is 2.19 bits per heavy atom. The number of carbonyl (C=O) groups excluding carboxylic acids is 2. The highest BCUT2D eigenvalue weighted by molar-refractivity contribution is 5.85. The van der Waals surface area contributed by atoms with Crippen molar-refractivity contribution in [3.63, 3.8) is 0 Å². The van der Waals surface area contributed by atoms with Crippen LogP contribution < -0.4 is 5.32 Å². The van der Waals surface area contributed by atoms with E-state index in [2.05, 4.69) is 14.8 Å². The second kappa shape index (κ2) is 6.15. The lowest BCUT2D eigenvalue weighted by Crippen LogP contribution is -2.52. The van der Waals surface area contributed by atoms with Crippen LogP contribution in [0.2, 0.25) is 0 Å². The van der Waals surface area contributed by atoms with Crippen LogP contribution in [-0.2, 0) is 14.3 Å². The molecule has 0 bridgehead atoms. The minimum Gasteiger partial charge on any atom is -0.467 e. The van der Waals surface area contributed by atoms with Crippen LogP contribution in [0.1, 0.15) is 27.2 Å². The Morgan fingerprint density at radius 2 is 1.81 bits per heavy atom. The van der Waals surface area contributed by atoms with E-state index in [0.717, 1.165) is 5.57 Å². The van der Waals surface area contributed by atoms with E-state index in [0.29, 0.717) is 6.42 Å². The molecule has 0 fully saturated rings. The molecule has 0 aromatic rings. The molecule has 1 atom stereocenters. The number of allylic oxidation sites excluding steroid dienone is 1. The molecule has 5 nitrogen and oxygen atoms in total. The molecule has 1 N–H and O–H groups in total. The first-order chi connectivity index (χ1) is 7.35. The molecule has 0 aliphatic rings. The van der Waals surface area contributed by atoms with Gasteiger partial charge in [-0.15, -0.1) is 0 Å². The summed E-state index contributed by atoms with van der Waals surface area (Å²) >= 11 is 0. The van der Waals surface area contributed by atoms with Crippen LogP contribution in [0.5, 0.6) is 0 Å². The quantitative estimate of drug-likeness (QED) is 0.588. The molecule has 0 heterocycles. The zero-order chi connectivity index (χ0) is 12.8. The molecule has 0 spiro atoms. The van der Waals surface area contributed by atoms with Crippen molar-refractivity contribution in [3.8, 4) is 0 Å². The van der Waals surface area contributed by atoms with Gasteiger partial charge in [0.2, 0.25) is 0 Å². The lowest BCUT2D eigenvalue weighted by Gasteiger charge is -2.26. The Balaban J connectivity index is 4.81. The van der Waals surface area contributed by atoms with E-state index in [1.807, 2.05) is 19.9 Å². The van der Waals surface area contributed by atoms with Gasteiger partial charge in [0, 0.05) is 0 Å². The Bertz CT molecular complexity index is 294. The monoisotopic (exact) mass is 229 g/mol. The second-order valence-electron chi connectivity index (χ2n) is 3.93. The van der Waals surface area contributed by atoms with Crippen LogP contribution in [0.15, 0.2) is 11.6 Å². The zero-order valence-corrected chi connectivity index (χ0v) is 10.4. The predicted molar refractivity (Wildman–Crippen MR) is 60.0 cm³/mol. The maximum atomic E-state index is 11.6. The van der Waals surface area contributed by atoms with E-state index >= 15 is 0 Å². The molecule has 0 aromatic carbocycles. The minimum atomic E-state index is -1.10. The van der Waals surface area contributed by atoms with Crippen molar-refractivity contribution in [2.75, 3.05) is 14.2 Å². The highest BCUT2D eigenvalue weighted by Crippen LogP contribution is 2.14. The highest BCUT2D eigenvalue weighted by Gasteiger charge is 2.35. The van der Waals surface area contributed by atoms with Gasteiger partial charge in [-0.2, -0.15) is 0 Å². The first-order valence-electron chi connectivity index (χ1n) is 4.93. The van der Waals surface area contributed by atoms with E-state index < -0.39 is 17.6 Å². The topological polar surface area (TPSA) is 64.6 Å². The van der Waals surface area contributed by atoms with Crippen LogP contribution in [0, 0.1) is 0 Å². The number of hydrogen-bond donors (Lipinski definition) is 1. The van der Waals surface area contributed by atoms with Crippen LogP contribution in [0.25, 0.3) is 0 Å². The number of hydrogen-bond acceptors (Lipinski definition) is 4. The number of methoxy groups -OCH3 is 2. The summed E-state index contributed by atoms with van der Waals surface area (Å²) in [7, 11) is 2.52. The summed E-state index contributed by atoms with van der Waals surface area (Å²) in [5, 5.41) is 2.47. The van der Waals surface area contributed by atoms with Crippen molar-refractivity contribution in [1.29, 1.82) is 0 Å². The Morgan fingerprint density at radius 1 is 1.25 bits per heavy atom. The number of alkyl carbamates (subject to hydrolysis) is 1. The fourth-order valence-corrected chi connectivity index (χ4v) is 1.10. The molecular weight excluding hydrogens is 210 g/mol. The van der Waals surface area contributed by atoms with Gasteiger partial charge in [0.1, 0.15) is 5.54 Å². The molecule has 0 aliphatic carbocycles. The van der Waals surface area contributed by atoms with Crippen molar-refractivity contribution in [2.45, 2.75) is 32.7 Å². The second-order valence-corrected chi connectivity index (χ2v) is 3.93. The highest BCUT2D eigenvalue weighted by atomic mass is 16.5. The van der Waals surface area contributed by atoms with Gasteiger partial charge < -0.3 is 14.8 Å². The third kappa shape index (κ3) is 4.33. The lowest BCUT2D eigenvalue weighted by atomic mass is 9.97. The van der Waals surface area contributed by atoms with E-state index in [1.54, 1.807) is 6.92 Å². The van der Waals surface area contributed by atoms with Gasteiger partial charge in [0.05, 0.1) is 14.2 Å². The molecule has 0 radical (unpaired) electrons. The molecule has 92 valence electrons. The van der Waals surface area contributed by atoms with E-state index in [1.165, 1.54) is 14.2 Å². The summed E-state index contributed by atoms with van der Waals surface area (Å²) in [6, 6.07) is 0. The van der Waals surface area contributed by atoms with Crippen molar-refractivity contribution < 1.29 is 19.1 Å². The predicted octanol–water partition coefficient (Wildman–Crippen LogP) is 1.63. The number of ether oxygens (including phenoxy) is 2. The number of rotatable bonds is 4. The average Bonchev–Trinajstić information content (AvgIpc) is 2.25. The lowest BCUT2D eigenvalue weighted by molar-refractivity contribution is -0.147. The molecule has 0 saturated carbocycles. The van der Waals surface area contributed by atoms with E-state index in [-0.39, 0.29) is 0 Å². The van der Waals surface area contributed by atoms with Crippen LogP contribution >= 0.6 is 0 Å². The normalized spacial score (nSPS) is 13.3. The SMILES string of the molecule is COC(=O)NC(C)(CC=C(C)C)C(=O)OC. The third-order valence-corrected chi connectivity index (χ3v) is 2.12. The van der Waals surface area contributed by atoms with Crippen LogP contribution in [0.3, 0.4) is 0 Å². The number of nitrogens with one attached hydrogen (secondary N) is 1. The number of amides is 1. The number of carbonyl (C=O) groups is 2. The third-order valence-electron chi connectivity index (χ3n) is 2.12. The molecule has 0 rings (SSSR count). The van der Waals surface area contributed by atoms with Gasteiger partial charge in [-0.3, -0.25) is 0 Å². The van der Waals surface area contributed by atoms with E-state index in [4.69, 9.17) is 0 Å². The van der Waals surface area contributed by atoms with Crippen molar-refractivity contribution in [1.82, 2.24) is 5.32 Å². The Kier molecular flexibility index (Phi) is 5.56. The van der Waals surface area contributed by atoms with Gasteiger partial charge in [-0.25, -0.2) is 9.59 Å². The van der Waals surface area contributed by atoms with Gasteiger partial charge in [-0.05, 0) is 27.2 Å². The van der Waals surface area contributed by atoms with Crippen LogP contribution in [0.4, 0.5) is 4.79 Å². The fraction of sp³-hybridized carbons (Fsp3) is 0.636. The van der Waals surface area contributed by atoms with Gasteiger partial charge >= 0.3 is 12.1 Å². The van der Waals surface area contributed by atoms with E-state index in [9.17, 15) is 9.59 Å². The zero-order valence-electron chi connectivity index (χ0n) is 10.4. The van der Waals surface area contributed by atoms with Crippen molar-refractivity contribution in [2.24, 2.45) is 0 Å². The summed E-state index contributed by atoms with van der Waals surface area (Å²) in [5.41, 5.74) is -0.0409. The Labute approximate surface area is 95.8 Å². The average molecular weight is 229 g/mol. The maximum absolute atomic E-state index is 11.6. The summed E-state index contributed by atoms with van der Waals surface area (Å²) < 4.78 is 9.12. The molecule has 1 amide bonds. The molecule has 5 heteroatoms. The molecule has 0 aromatic heterocycles. The smallest absolute Gasteiger partial charge is 0.407 e. The van der Waals surface area contributed by atoms with Crippen LogP contribution in [-0.4, -0.2) is 31.8 Å². The van der Waals surface area contributed by atoms with Gasteiger partial charge in [0.25, 0.3) is 0 Å². The Hall–Kier alpha value is -1.52. The fourth-order valence-electron chi connectivity index (χ4n) is 1.10. The molecular formula is C11H19NO4.